The van der Waals surface area contributed by atoms with Crippen LogP contribution in [0.4, 0.5) is 0 Å². The number of pyridine rings is 2. The summed E-state index contributed by atoms with van der Waals surface area (Å²) in [5.74, 6) is 1.51. The number of nitrogens with zero attached hydrogens (tertiary/aromatic N) is 2. The number of fused-ring (bicyclic) bond motifs is 2. The Kier molecular flexibility index (Phi) is 4.27. The van der Waals surface area contributed by atoms with Gasteiger partial charge in [0.15, 0.2) is 0 Å². The molecule has 0 aliphatic carbocycles. The number of hydrogen-bond acceptors (Lipinski definition) is 4. The molecule has 5 heteroatoms. The van der Waals surface area contributed by atoms with Gasteiger partial charge in [0.05, 0.1) is 0 Å². The van der Waals surface area contributed by atoms with Gasteiger partial charge in [-0.2, -0.15) is 0 Å². The molecule has 0 aliphatic heterocycles. The van der Waals surface area contributed by atoms with E-state index in [2.05, 4.69) is 29.0 Å². The van der Waals surface area contributed by atoms with Crippen molar-refractivity contribution < 1.29 is 7.58 Å². The molecule has 0 amide bonds. The van der Waals surface area contributed by atoms with Crippen molar-refractivity contribution in [3.05, 3.63) is 72.1 Å². The topological polar surface area (TPSA) is 44.2 Å². The summed E-state index contributed by atoms with van der Waals surface area (Å²) in [5, 5.41) is 2.14. The van der Waals surface area contributed by atoms with E-state index in [9.17, 15) is 0 Å². The third kappa shape index (κ3) is 3.30. The van der Waals surface area contributed by atoms with Gasteiger partial charge in [-0.1, -0.05) is 18.2 Å². The molecule has 0 fully saturated rings. The number of para-hydroxylation sites is 1. The molecule has 2 aromatic carbocycles. The molecular weight excluding hydrogens is 327 g/mol. The molecule has 0 saturated carbocycles. The maximum atomic E-state index is 5.96. The molecule has 2 aromatic heterocycles. The van der Waals surface area contributed by atoms with Crippen LogP contribution >= 0.6 is 0 Å². The molecule has 4 rings (SSSR count). The first-order chi connectivity index (χ1) is 12.2. The van der Waals surface area contributed by atoms with Crippen molar-refractivity contribution >= 4 is 37.7 Å². The molecule has 0 unspecified atom stereocenters. The number of benzene rings is 2. The van der Waals surface area contributed by atoms with Crippen molar-refractivity contribution in [2.75, 3.05) is 0 Å². The summed E-state index contributed by atoms with van der Waals surface area (Å²) in [7, 11) is 0. The molecule has 0 bridgehead atoms. The molecule has 2 heterocycles. The van der Waals surface area contributed by atoms with E-state index in [1.54, 1.807) is 6.20 Å². The molecule has 0 atom stereocenters. The van der Waals surface area contributed by atoms with Gasteiger partial charge in [0.25, 0.3) is 0 Å². The third-order valence-corrected chi connectivity index (χ3v) is 4.68. The summed E-state index contributed by atoms with van der Waals surface area (Å²) in [4.78, 5) is 8.92. The minimum absolute atomic E-state index is 0.720. The second-order valence-electron chi connectivity index (χ2n) is 6.01. The van der Waals surface area contributed by atoms with Crippen molar-refractivity contribution in [2.45, 2.75) is 13.8 Å². The molecule has 1 radical (unpaired) electrons. The second kappa shape index (κ2) is 6.72. The predicted molar refractivity (Wildman–Crippen MR) is 100.0 cm³/mol. The van der Waals surface area contributed by atoms with Crippen molar-refractivity contribution in [1.82, 2.24) is 9.97 Å². The highest BCUT2D eigenvalue weighted by molar-refractivity contribution is 6.21. The summed E-state index contributed by atoms with van der Waals surface area (Å²) in [5.41, 5.74) is 3.99. The summed E-state index contributed by atoms with van der Waals surface area (Å²) < 4.78 is 11.9. The lowest BCUT2D eigenvalue weighted by Crippen LogP contribution is -2.12. The fraction of sp³-hybridized carbons (Fsp3) is 0.100. The van der Waals surface area contributed by atoms with Gasteiger partial charge in [-0.15, -0.1) is 0 Å². The average molecular weight is 343 g/mol. The number of rotatable bonds is 4. The first-order valence-corrected chi connectivity index (χ1v) is 9.01. The predicted octanol–water partition coefficient (Wildman–Crippen LogP) is 4.39. The first-order valence-electron chi connectivity index (χ1n) is 8.06. The Labute approximate surface area is 152 Å². The van der Waals surface area contributed by atoms with Crippen molar-refractivity contribution in [2.24, 2.45) is 0 Å². The van der Waals surface area contributed by atoms with E-state index in [1.165, 1.54) is 0 Å². The molecule has 4 aromatic rings. The van der Waals surface area contributed by atoms with Crippen molar-refractivity contribution in [1.29, 1.82) is 0 Å². The highest BCUT2D eigenvalue weighted by Gasteiger charge is 2.12. The normalized spacial score (nSPS) is 10.8. The highest BCUT2D eigenvalue weighted by atomic mass is 27.2. The van der Waals surface area contributed by atoms with Gasteiger partial charge in [-0.3, -0.25) is 9.97 Å². The Bertz CT molecular complexity index is 1060. The molecule has 4 nitrogen and oxygen atoms in total. The van der Waals surface area contributed by atoms with Crippen LogP contribution in [-0.4, -0.2) is 25.9 Å². The van der Waals surface area contributed by atoms with Gasteiger partial charge in [0.2, 0.25) is 0 Å². The fourth-order valence-corrected chi connectivity index (χ4v) is 3.48. The van der Waals surface area contributed by atoms with Crippen LogP contribution in [-0.2, 0) is 0 Å². The van der Waals surface area contributed by atoms with Gasteiger partial charge < -0.3 is 7.58 Å². The molecule has 0 aliphatic rings. The van der Waals surface area contributed by atoms with Gasteiger partial charge in [0, 0.05) is 23.2 Å². The maximum absolute atomic E-state index is 5.96. The highest BCUT2D eigenvalue weighted by Crippen LogP contribution is 2.27. The number of aryl methyl sites for hydroxylation is 2. The number of aromatic nitrogens is 2. The van der Waals surface area contributed by atoms with Crippen LogP contribution in [0.1, 0.15) is 11.1 Å². The van der Waals surface area contributed by atoms with E-state index in [-0.39, 0.29) is 0 Å². The summed E-state index contributed by atoms with van der Waals surface area (Å²) >= 11 is -0.720. The SMILES string of the molecule is Cc1cnc2c([O][Al][O]c3cccc4cccnc34)cc(C)cc2c1. The first kappa shape index (κ1) is 15.9. The molecule has 0 saturated heterocycles. The lowest BCUT2D eigenvalue weighted by atomic mass is 10.1. The van der Waals surface area contributed by atoms with Crippen molar-refractivity contribution in [3.63, 3.8) is 0 Å². The molecule has 121 valence electrons. The Balaban J connectivity index is 1.58. The van der Waals surface area contributed by atoms with Crippen LogP contribution in [0.3, 0.4) is 0 Å². The molecule has 25 heavy (non-hydrogen) atoms. The summed E-state index contributed by atoms with van der Waals surface area (Å²) in [6, 6.07) is 16.1. The monoisotopic (exact) mass is 343 g/mol. The smallest absolute Gasteiger partial charge is 0.614 e. The standard InChI is InChI=1S/C11H11NO.C9H7NO.Al/c1-7-3-9-4-8(2)6-12-11(9)10(13)5-7;11-8-5-1-3-7-4-2-6-10-9(7)8;/h3-6,13H,1-2H3;1-6,11H;/q;;+2/p-2. The Morgan fingerprint density at radius 2 is 1.52 bits per heavy atom. The van der Waals surface area contributed by atoms with Crippen LogP contribution < -0.4 is 7.58 Å². The van der Waals surface area contributed by atoms with E-state index < -0.39 is 15.9 Å². The van der Waals surface area contributed by atoms with Crippen LogP contribution in [0.2, 0.25) is 0 Å². The van der Waals surface area contributed by atoms with Gasteiger partial charge in [-0.05, 0) is 55.3 Å². The Morgan fingerprint density at radius 3 is 2.44 bits per heavy atom. The van der Waals surface area contributed by atoms with Crippen LogP contribution in [0.25, 0.3) is 21.8 Å². The zero-order valence-electron chi connectivity index (χ0n) is 14.1. The minimum atomic E-state index is -0.720. The third-order valence-electron chi connectivity index (χ3n) is 3.98. The molecule has 0 spiro atoms. The molecule has 0 N–H and O–H groups in total. The van der Waals surface area contributed by atoms with E-state index in [4.69, 9.17) is 7.58 Å². The zero-order chi connectivity index (χ0) is 17.2. The van der Waals surface area contributed by atoms with Gasteiger partial charge in [-0.25, -0.2) is 0 Å². The van der Waals surface area contributed by atoms with Gasteiger partial charge >= 0.3 is 15.9 Å². The fourth-order valence-electron chi connectivity index (χ4n) is 2.86. The summed E-state index contributed by atoms with van der Waals surface area (Å²) in [6.45, 7) is 4.09. The minimum Gasteiger partial charge on any atom is -0.614 e. The van der Waals surface area contributed by atoms with E-state index in [0.29, 0.717) is 0 Å². The largest absolute Gasteiger partial charge is 0.882 e. The van der Waals surface area contributed by atoms with Crippen LogP contribution in [0.15, 0.2) is 60.9 Å². The Morgan fingerprint density at radius 1 is 0.760 bits per heavy atom. The number of hydrogen-bond donors (Lipinski definition) is 0. The molecular formula is C20H16AlN2O2. The second-order valence-corrected chi connectivity index (χ2v) is 6.67. The summed E-state index contributed by atoms with van der Waals surface area (Å²) in [6.07, 6.45) is 3.63. The van der Waals surface area contributed by atoms with Gasteiger partial charge in [0.1, 0.15) is 22.5 Å². The van der Waals surface area contributed by atoms with Crippen LogP contribution in [0.5, 0.6) is 11.5 Å². The lowest BCUT2D eigenvalue weighted by Gasteiger charge is -2.12. The van der Waals surface area contributed by atoms with E-state index in [0.717, 1.165) is 44.4 Å². The Hall–Kier alpha value is -2.61. The lowest BCUT2D eigenvalue weighted by molar-refractivity contribution is 0.463. The van der Waals surface area contributed by atoms with Crippen LogP contribution in [0, 0.1) is 13.8 Å². The quantitative estimate of drug-likeness (QED) is 0.516. The van der Waals surface area contributed by atoms with Crippen molar-refractivity contribution in [3.8, 4) is 11.5 Å². The van der Waals surface area contributed by atoms with E-state index in [1.807, 2.05) is 49.5 Å². The maximum Gasteiger partial charge on any atom is 0.882 e. The zero-order valence-corrected chi connectivity index (χ0v) is 15.2. The average Bonchev–Trinajstić information content (AvgIpc) is 2.61. The van der Waals surface area contributed by atoms with E-state index >= 15 is 0 Å².